The molecule has 0 radical (unpaired) electrons. The van der Waals surface area contributed by atoms with Crippen LogP contribution in [0.4, 0.5) is 13.2 Å². The summed E-state index contributed by atoms with van der Waals surface area (Å²) in [5, 5.41) is 0. The van der Waals surface area contributed by atoms with Gasteiger partial charge in [0.2, 0.25) is 0 Å². The molecule has 0 bridgehead atoms. The molecule has 1 atom stereocenters. The first-order valence-corrected chi connectivity index (χ1v) is 10.5. The van der Waals surface area contributed by atoms with Crippen LogP contribution in [0.3, 0.4) is 0 Å². The summed E-state index contributed by atoms with van der Waals surface area (Å²) < 4.78 is 66.9. The van der Waals surface area contributed by atoms with Crippen molar-refractivity contribution in [1.82, 2.24) is 4.72 Å². The molecule has 0 amide bonds. The van der Waals surface area contributed by atoms with Gasteiger partial charge in [0.15, 0.2) is 0 Å². The molecule has 1 N–H and O–H groups in total. The first-order chi connectivity index (χ1) is 10.3. The fourth-order valence-corrected chi connectivity index (χ4v) is 4.30. The number of alkyl halides is 3. The summed E-state index contributed by atoms with van der Waals surface area (Å²) in [6.45, 7) is 0.619. The van der Waals surface area contributed by atoms with Gasteiger partial charge >= 0.3 is 21.5 Å². The van der Waals surface area contributed by atoms with E-state index in [1.54, 1.807) is 6.07 Å². The van der Waals surface area contributed by atoms with E-state index in [0.717, 1.165) is 7.14 Å². The molecule has 12 heteroatoms. The maximum absolute atomic E-state index is 12.2. The molecule has 0 spiro atoms. The van der Waals surface area contributed by atoms with Crippen molar-refractivity contribution in [3.05, 3.63) is 28.4 Å². The Hall–Kier alpha value is 0.580. The molecule has 1 rings (SSSR count). The number of esters is 1. The van der Waals surface area contributed by atoms with Crippen molar-refractivity contribution >= 4 is 83.8 Å². The molecule has 0 fully saturated rings. The third kappa shape index (κ3) is 6.10. The molecule has 0 aliphatic heterocycles. The molecule has 5 nitrogen and oxygen atoms in total. The highest BCUT2D eigenvalue weighted by Gasteiger charge is 2.45. The van der Waals surface area contributed by atoms with Crippen LogP contribution in [0.15, 0.2) is 12.1 Å². The smallest absolute Gasteiger partial charge is 0.458 e. The van der Waals surface area contributed by atoms with E-state index in [1.165, 1.54) is 11.6 Å². The first-order valence-electron chi connectivity index (χ1n) is 5.76. The SMILES string of the molecule is CC(CNS(=O)(=O)C(F)(F)F)OC(=O)c1cc(I)cc(I)c1I. The van der Waals surface area contributed by atoms with Crippen LogP contribution in [-0.4, -0.2) is 32.5 Å². The first kappa shape index (κ1) is 21.6. The topological polar surface area (TPSA) is 72.5 Å². The Morgan fingerprint density at radius 2 is 1.87 bits per heavy atom. The minimum absolute atomic E-state index is 0.271. The standard InChI is InChI=1S/C11H9F3I3NO4S/c1-5(4-18-23(20,21)11(12,13)14)22-10(19)7-2-6(15)3-8(16)9(7)17/h2-3,5,18H,4H2,1H3. The zero-order chi connectivity index (χ0) is 18.0. The van der Waals surface area contributed by atoms with Gasteiger partial charge < -0.3 is 4.74 Å². The summed E-state index contributed by atoms with van der Waals surface area (Å²) in [5.41, 5.74) is -5.13. The van der Waals surface area contributed by atoms with Crippen LogP contribution >= 0.6 is 67.8 Å². The summed E-state index contributed by atoms with van der Waals surface area (Å²) in [6.07, 6.45) is -1.06. The van der Waals surface area contributed by atoms with Crippen LogP contribution in [-0.2, 0) is 14.8 Å². The van der Waals surface area contributed by atoms with Gasteiger partial charge in [-0.05, 0) is 86.8 Å². The molecule has 1 unspecified atom stereocenters. The summed E-state index contributed by atoms with van der Waals surface area (Å²) >= 11 is 6.02. The number of carbonyl (C=O) groups excluding carboxylic acids is 1. The Bertz CT molecular complexity index is 709. The normalized spacial score (nSPS) is 13.7. The van der Waals surface area contributed by atoms with E-state index in [2.05, 4.69) is 0 Å². The van der Waals surface area contributed by atoms with Gasteiger partial charge in [-0.1, -0.05) is 0 Å². The molecule has 0 aromatic heterocycles. The molecule has 0 heterocycles. The Balaban J connectivity index is 2.76. The number of nitrogens with one attached hydrogen (secondary N) is 1. The third-order valence-electron chi connectivity index (χ3n) is 2.39. The zero-order valence-corrected chi connectivity index (χ0v) is 18.5. The lowest BCUT2D eigenvalue weighted by Crippen LogP contribution is -2.40. The second-order valence-corrected chi connectivity index (χ2v) is 9.51. The van der Waals surface area contributed by atoms with Crippen LogP contribution < -0.4 is 4.72 Å². The van der Waals surface area contributed by atoms with Crippen molar-refractivity contribution < 1.29 is 31.1 Å². The fraction of sp³-hybridized carbons (Fsp3) is 0.364. The van der Waals surface area contributed by atoms with Crippen molar-refractivity contribution in [2.24, 2.45) is 0 Å². The molecule has 1 aromatic carbocycles. The molecular formula is C11H9F3I3NO4S. The van der Waals surface area contributed by atoms with Gasteiger partial charge in [0.1, 0.15) is 6.10 Å². The van der Waals surface area contributed by atoms with Crippen LogP contribution in [0.1, 0.15) is 17.3 Å². The number of carbonyl (C=O) groups is 1. The monoisotopic (exact) mass is 689 g/mol. The van der Waals surface area contributed by atoms with Gasteiger partial charge in [0.05, 0.1) is 5.56 Å². The Kier molecular flexibility index (Phi) is 7.81. The minimum atomic E-state index is -5.46. The number of benzene rings is 1. The van der Waals surface area contributed by atoms with Crippen molar-refractivity contribution in [2.45, 2.75) is 18.5 Å². The van der Waals surface area contributed by atoms with Crippen molar-refractivity contribution in [3.8, 4) is 0 Å². The summed E-state index contributed by atoms with van der Waals surface area (Å²) in [5.74, 6) is -0.732. The maximum atomic E-state index is 12.2. The van der Waals surface area contributed by atoms with Gasteiger partial charge in [-0.2, -0.15) is 13.2 Å². The highest BCUT2D eigenvalue weighted by Crippen LogP contribution is 2.24. The van der Waals surface area contributed by atoms with Crippen molar-refractivity contribution in [2.75, 3.05) is 6.54 Å². The quantitative estimate of drug-likeness (QED) is 0.292. The number of hydrogen-bond donors (Lipinski definition) is 1. The Labute approximate surface area is 171 Å². The van der Waals surface area contributed by atoms with E-state index >= 15 is 0 Å². The highest BCUT2D eigenvalue weighted by molar-refractivity contribution is 14.1. The lowest BCUT2D eigenvalue weighted by Gasteiger charge is -2.16. The van der Waals surface area contributed by atoms with Gasteiger partial charge in [-0.25, -0.2) is 17.9 Å². The lowest BCUT2D eigenvalue weighted by molar-refractivity contribution is -0.0450. The van der Waals surface area contributed by atoms with Gasteiger partial charge in [0, 0.05) is 17.3 Å². The molecule has 0 aliphatic carbocycles. The predicted molar refractivity (Wildman–Crippen MR) is 102 cm³/mol. The number of hydrogen-bond acceptors (Lipinski definition) is 4. The fourth-order valence-electron chi connectivity index (χ4n) is 1.30. The Morgan fingerprint density at radius 1 is 1.30 bits per heavy atom. The molecule has 0 aliphatic rings. The number of rotatable bonds is 5. The molecule has 23 heavy (non-hydrogen) atoms. The molecule has 0 saturated carbocycles. The average Bonchev–Trinajstić information content (AvgIpc) is 2.39. The van der Waals surface area contributed by atoms with Gasteiger partial charge in [-0.3, -0.25) is 0 Å². The van der Waals surface area contributed by atoms with E-state index in [9.17, 15) is 26.4 Å². The highest BCUT2D eigenvalue weighted by atomic mass is 127. The number of ether oxygens (including phenoxy) is 1. The minimum Gasteiger partial charge on any atom is -0.458 e. The van der Waals surface area contributed by atoms with Crippen molar-refractivity contribution in [3.63, 3.8) is 0 Å². The second kappa shape index (κ2) is 8.31. The van der Waals surface area contributed by atoms with Crippen LogP contribution in [0, 0.1) is 10.7 Å². The van der Waals surface area contributed by atoms with Crippen LogP contribution in [0.25, 0.3) is 0 Å². The van der Waals surface area contributed by atoms with E-state index in [0.29, 0.717) is 3.57 Å². The summed E-state index contributed by atoms with van der Waals surface area (Å²) in [7, 11) is -5.46. The summed E-state index contributed by atoms with van der Waals surface area (Å²) in [4.78, 5) is 12.1. The van der Waals surface area contributed by atoms with E-state index < -0.39 is 34.1 Å². The number of halogens is 6. The van der Waals surface area contributed by atoms with Gasteiger partial charge in [-0.15, -0.1) is 0 Å². The van der Waals surface area contributed by atoms with Crippen LogP contribution in [0.5, 0.6) is 0 Å². The lowest BCUT2D eigenvalue weighted by atomic mass is 10.2. The van der Waals surface area contributed by atoms with Gasteiger partial charge in [0.25, 0.3) is 0 Å². The molecule has 130 valence electrons. The van der Waals surface area contributed by atoms with E-state index in [1.807, 2.05) is 73.8 Å². The average molecular weight is 689 g/mol. The molecule has 0 saturated heterocycles. The van der Waals surface area contributed by atoms with Crippen LogP contribution in [0.2, 0.25) is 0 Å². The predicted octanol–water partition coefficient (Wildman–Crippen LogP) is 3.48. The summed E-state index contributed by atoms with van der Waals surface area (Å²) in [6, 6.07) is 3.43. The molecular weight excluding hydrogens is 680 g/mol. The molecule has 1 aromatic rings. The number of sulfonamides is 1. The zero-order valence-electron chi connectivity index (χ0n) is 11.2. The Morgan fingerprint density at radius 3 is 2.39 bits per heavy atom. The second-order valence-electron chi connectivity index (χ2n) is 4.26. The largest absolute Gasteiger partial charge is 0.511 e. The van der Waals surface area contributed by atoms with E-state index in [4.69, 9.17) is 4.74 Å². The third-order valence-corrected chi connectivity index (χ3v) is 7.21. The van der Waals surface area contributed by atoms with Crippen molar-refractivity contribution in [1.29, 1.82) is 0 Å². The van der Waals surface area contributed by atoms with E-state index in [-0.39, 0.29) is 5.56 Å². The maximum Gasteiger partial charge on any atom is 0.511 e.